The summed E-state index contributed by atoms with van der Waals surface area (Å²) in [6.45, 7) is 10.0. The molecule has 36 heavy (non-hydrogen) atoms. The van der Waals surface area contributed by atoms with Gasteiger partial charge in [-0.05, 0) is 48.0 Å². The third-order valence-electron chi connectivity index (χ3n) is 4.37. The zero-order valence-electron chi connectivity index (χ0n) is 22.5. The molecule has 0 spiro atoms. The topological polar surface area (TPSA) is 171 Å². The van der Waals surface area contributed by atoms with Crippen molar-refractivity contribution in [1.82, 2.24) is 16.0 Å². The minimum atomic E-state index is -3.54. The van der Waals surface area contributed by atoms with Crippen molar-refractivity contribution in [2.24, 2.45) is 0 Å². The molecule has 14 heteroatoms. The van der Waals surface area contributed by atoms with E-state index in [0.717, 1.165) is 0 Å². The van der Waals surface area contributed by atoms with Crippen molar-refractivity contribution in [1.29, 1.82) is 0 Å². The summed E-state index contributed by atoms with van der Waals surface area (Å²) in [6, 6.07) is -1.59. The second-order valence-electron chi connectivity index (χ2n) is 8.97. The quantitative estimate of drug-likeness (QED) is 0.147. The lowest BCUT2D eigenvalue weighted by molar-refractivity contribution is -0.127. The molecule has 0 saturated heterocycles. The van der Waals surface area contributed by atoms with Crippen LogP contribution < -0.4 is 16.0 Å². The third kappa shape index (κ3) is 16.1. The number of carbonyl (C=O) groups excluding carboxylic acids is 3. The molecule has 3 atom stereocenters. The first-order valence-corrected chi connectivity index (χ1v) is 13.7. The van der Waals surface area contributed by atoms with E-state index in [0.29, 0.717) is 0 Å². The van der Waals surface area contributed by atoms with Crippen LogP contribution in [0.4, 0.5) is 4.79 Å². The highest BCUT2D eigenvalue weighted by Gasteiger charge is 2.30. The molecule has 0 aliphatic rings. The number of hydrogen-bond acceptors (Lipinski definition) is 10. The number of amides is 3. The Hall–Kier alpha value is -1.76. The van der Waals surface area contributed by atoms with Gasteiger partial charge in [-0.3, -0.25) is 14.2 Å². The summed E-state index contributed by atoms with van der Waals surface area (Å²) in [4.78, 5) is 37.4. The number of aliphatic hydroxyl groups is 1. The molecule has 0 aromatic carbocycles. The summed E-state index contributed by atoms with van der Waals surface area (Å²) in [5.41, 5.74) is -0.776. The number of rotatable bonds is 18. The van der Waals surface area contributed by atoms with Crippen LogP contribution in [-0.2, 0) is 37.4 Å². The monoisotopic (exact) mass is 541 g/mol. The Bertz CT molecular complexity index is 707. The minimum Gasteiger partial charge on any atom is -0.444 e. The fourth-order valence-corrected chi connectivity index (χ4v) is 4.40. The predicted molar refractivity (Wildman–Crippen MR) is 133 cm³/mol. The SMILES string of the molecule is CCOP(=O)(CC(=O)NCC[C@@H](C[C@H](NC(=O)OC(C)(C)C)C(=O)N[C@@H](C)CO)OCOC)OCC. The van der Waals surface area contributed by atoms with Gasteiger partial charge in [-0.2, -0.15) is 0 Å². The maximum absolute atomic E-state index is 12.8. The van der Waals surface area contributed by atoms with Gasteiger partial charge in [-0.25, -0.2) is 4.79 Å². The molecular weight excluding hydrogens is 497 g/mol. The lowest BCUT2D eigenvalue weighted by atomic mass is 10.1. The molecule has 3 amide bonds. The fourth-order valence-electron chi connectivity index (χ4n) is 2.89. The first-order chi connectivity index (χ1) is 16.8. The number of hydrogen-bond donors (Lipinski definition) is 4. The van der Waals surface area contributed by atoms with E-state index in [2.05, 4.69) is 16.0 Å². The second kappa shape index (κ2) is 17.7. The van der Waals surface area contributed by atoms with Gasteiger partial charge in [-0.15, -0.1) is 0 Å². The summed E-state index contributed by atoms with van der Waals surface area (Å²) in [5.74, 6) is -1.06. The number of aliphatic hydroxyl groups excluding tert-OH is 1. The van der Waals surface area contributed by atoms with Crippen LogP contribution in [0, 0.1) is 0 Å². The molecule has 212 valence electrons. The smallest absolute Gasteiger partial charge is 0.408 e. The van der Waals surface area contributed by atoms with E-state index in [9.17, 15) is 24.1 Å². The Morgan fingerprint density at radius 1 is 1.06 bits per heavy atom. The highest BCUT2D eigenvalue weighted by atomic mass is 31.2. The molecule has 0 aromatic rings. The molecule has 0 aromatic heterocycles. The summed E-state index contributed by atoms with van der Waals surface area (Å²) >= 11 is 0. The van der Waals surface area contributed by atoms with Crippen LogP contribution in [0.3, 0.4) is 0 Å². The molecule has 4 N–H and O–H groups in total. The molecule has 0 aliphatic heterocycles. The molecule has 0 aliphatic carbocycles. The number of alkyl carbamates (subject to hydrolysis) is 1. The molecule has 13 nitrogen and oxygen atoms in total. The molecule has 0 radical (unpaired) electrons. The minimum absolute atomic E-state index is 0.0266. The van der Waals surface area contributed by atoms with Gasteiger partial charge in [-0.1, -0.05) is 0 Å². The van der Waals surface area contributed by atoms with Crippen LogP contribution in [0.15, 0.2) is 0 Å². The zero-order chi connectivity index (χ0) is 27.8. The Balaban J connectivity index is 5.27. The van der Waals surface area contributed by atoms with Crippen molar-refractivity contribution in [2.45, 2.75) is 78.2 Å². The van der Waals surface area contributed by atoms with E-state index in [-0.39, 0.29) is 46.0 Å². The summed E-state index contributed by atoms with van der Waals surface area (Å²) in [5, 5.41) is 17.1. The van der Waals surface area contributed by atoms with Crippen LogP contribution in [0.25, 0.3) is 0 Å². The van der Waals surface area contributed by atoms with E-state index >= 15 is 0 Å². The van der Waals surface area contributed by atoms with E-state index in [1.807, 2.05) is 0 Å². The van der Waals surface area contributed by atoms with Crippen LogP contribution in [-0.4, -0.2) is 93.2 Å². The van der Waals surface area contributed by atoms with Crippen molar-refractivity contribution in [3.63, 3.8) is 0 Å². The van der Waals surface area contributed by atoms with Crippen LogP contribution >= 0.6 is 7.60 Å². The summed E-state index contributed by atoms with van der Waals surface area (Å²) in [6.07, 6.45) is -1.56. The van der Waals surface area contributed by atoms with Crippen LogP contribution in [0.2, 0.25) is 0 Å². The van der Waals surface area contributed by atoms with Crippen LogP contribution in [0.1, 0.15) is 54.4 Å². The van der Waals surface area contributed by atoms with Crippen molar-refractivity contribution in [2.75, 3.05) is 46.4 Å². The number of carbonyl (C=O) groups is 3. The van der Waals surface area contributed by atoms with Crippen LogP contribution in [0.5, 0.6) is 0 Å². The lowest BCUT2D eigenvalue weighted by Crippen LogP contribution is -2.52. The number of ether oxygens (including phenoxy) is 3. The van der Waals surface area contributed by atoms with E-state index in [1.165, 1.54) is 7.11 Å². The Morgan fingerprint density at radius 3 is 2.17 bits per heavy atom. The fraction of sp³-hybridized carbons (Fsp3) is 0.864. The van der Waals surface area contributed by atoms with Crippen molar-refractivity contribution >= 4 is 25.5 Å². The van der Waals surface area contributed by atoms with Gasteiger partial charge in [0.05, 0.1) is 25.9 Å². The molecule has 0 heterocycles. The van der Waals surface area contributed by atoms with Gasteiger partial charge >= 0.3 is 13.7 Å². The molecule has 0 bridgehead atoms. The largest absolute Gasteiger partial charge is 0.444 e. The standard InChI is InChI=1S/C22H44N3O10P/c1-8-33-36(30,34-9-2)14-19(27)23-11-10-17(32-15-31-7)12-18(20(28)24-16(3)13-26)25-21(29)35-22(4,5)6/h16-18,26H,8-15H2,1-7H3,(H,23,27)(H,24,28)(H,25,29)/t16-,17-,18-/m0/s1. The van der Waals surface area contributed by atoms with E-state index in [4.69, 9.17) is 23.3 Å². The molecule has 0 unspecified atom stereocenters. The van der Waals surface area contributed by atoms with Gasteiger partial charge in [0.2, 0.25) is 11.8 Å². The first kappa shape index (κ1) is 34.2. The van der Waals surface area contributed by atoms with Gasteiger partial charge in [0.15, 0.2) is 0 Å². The summed E-state index contributed by atoms with van der Waals surface area (Å²) in [7, 11) is -2.11. The Morgan fingerprint density at radius 2 is 1.67 bits per heavy atom. The van der Waals surface area contributed by atoms with Crippen molar-refractivity contribution in [3.05, 3.63) is 0 Å². The van der Waals surface area contributed by atoms with E-state index < -0.39 is 55.5 Å². The highest BCUT2D eigenvalue weighted by Crippen LogP contribution is 2.47. The Labute approximate surface area is 213 Å². The number of nitrogens with one attached hydrogen (secondary N) is 3. The highest BCUT2D eigenvalue weighted by molar-refractivity contribution is 7.54. The predicted octanol–water partition coefficient (Wildman–Crippen LogP) is 1.53. The first-order valence-electron chi connectivity index (χ1n) is 11.9. The van der Waals surface area contributed by atoms with Gasteiger partial charge in [0.1, 0.15) is 24.6 Å². The number of methoxy groups -OCH3 is 1. The maximum Gasteiger partial charge on any atom is 0.408 e. The average molecular weight is 542 g/mol. The molecule has 0 rings (SSSR count). The van der Waals surface area contributed by atoms with Crippen molar-refractivity contribution in [3.8, 4) is 0 Å². The van der Waals surface area contributed by atoms with E-state index in [1.54, 1.807) is 41.5 Å². The molecule has 0 saturated carbocycles. The van der Waals surface area contributed by atoms with Gasteiger partial charge < -0.3 is 44.3 Å². The lowest BCUT2D eigenvalue weighted by Gasteiger charge is -2.27. The Kier molecular flexibility index (Phi) is 16.8. The molecule has 0 fully saturated rings. The third-order valence-corrected chi connectivity index (χ3v) is 6.35. The molecular formula is C22H44N3O10P. The zero-order valence-corrected chi connectivity index (χ0v) is 23.4. The maximum atomic E-state index is 12.8. The van der Waals surface area contributed by atoms with Gasteiger partial charge in [0, 0.05) is 26.1 Å². The second-order valence-corrected chi connectivity index (χ2v) is 11.0. The normalized spacial score (nSPS) is 14.4. The van der Waals surface area contributed by atoms with Crippen molar-refractivity contribution < 1.29 is 47.3 Å². The summed E-state index contributed by atoms with van der Waals surface area (Å²) < 4.78 is 38.7. The average Bonchev–Trinajstić information content (AvgIpc) is 2.75. The van der Waals surface area contributed by atoms with Gasteiger partial charge in [0.25, 0.3) is 0 Å².